The molecule has 0 unspecified atom stereocenters. The molecule has 0 bridgehead atoms. The van der Waals surface area contributed by atoms with Gasteiger partial charge in [0, 0.05) is 4.47 Å². The fourth-order valence-corrected chi connectivity index (χ4v) is 2.73. The van der Waals surface area contributed by atoms with Gasteiger partial charge in [0.1, 0.15) is 0 Å². The summed E-state index contributed by atoms with van der Waals surface area (Å²) in [7, 11) is 1.57. The van der Waals surface area contributed by atoms with Crippen LogP contribution in [0.2, 0.25) is 0 Å². The first kappa shape index (κ1) is 18.0. The molecule has 1 amide bonds. The summed E-state index contributed by atoms with van der Waals surface area (Å²) in [6.45, 7) is 4.49. The van der Waals surface area contributed by atoms with Crippen molar-refractivity contribution in [2.24, 2.45) is 5.10 Å². The zero-order chi connectivity index (χ0) is 17.7. The first-order chi connectivity index (χ1) is 11.5. The summed E-state index contributed by atoms with van der Waals surface area (Å²) in [4.78, 5) is 12.4. The molecule has 24 heavy (non-hydrogen) atoms. The average molecular weight is 392 g/mol. The summed E-state index contributed by atoms with van der Waals surface area (Å²) in [5.41, 5.74) is 1.91. The highest BCUT2D eigenvalue weighted by Crippen LogP contribution is 2.35. The Labute approximate surface area is 149 Å². The van der Waals surface area contributed by atoms with Crippen LogP contribution in [0, 0.1) is 11.3 Å². The van der Waals surface area contributed by atoms with Crippen molar-refractivity contribution in [1.29, 1.82) is 5.26 Å². The summed E-state index contributed by atoms with van der Waals surface area (Å²) < 4.78 is 11.7. The summed E-state index contributed by atoms with van der Waals surface area (Å²) in [5.74, 6) is 1.02. The van der Waals surface area contributed by atoms with Gasteiger partial charge in [0.2, 0.25) is 0 Å². The third-order valence-electron chi connectivity index (χ3n) is 3.44. The highest BCUT2D eigenvalue weighted by Gasteiger charge is 2.27. The number of ether oxygens (including phenoxy) is 2. The molecule has 126 valence electrons. The Morgan fingerprint density at radius 1 is 1.42 bits per heavy atom. The van der Waals surface area contributed by atoms with Crippen molar-refractivity contribution in [3.63, 3.8) is 0 Å². The highest BCUT2D eigenvalue weighted by atomic mass is 79.9. The van der Waals surface area contributed by atoms with Crippen LogP contribution in [0.1, 0.15) is 25.8 Å². The van der Waals surface area contributed by atoms with Gasteiger partial charge < -0.3 is 9.47 Å². The second-order valence-corrected chi connectivity index (χ2v) is 5.89. The van der Waals surface area contributed by atoms with E-state index in [1.54, 1.807) is 26.2 Å². The van der Waals surface area contributed by atoms with Gasteiger partial charge >= 0.3 is 0 Å². The van der Waals surface area contributed by atoms with E-state index in [1.807, 2.05) is 19.1 Å². The smallest absolute Gasteiger partial charge is 0.275 e. The van der Waals surface area contributed by atoms with Crippen LogP contribution in [-0.2, 0) is 4.79 Å². The van der Waals surface area contributed by atoms with Crippen molar-refractivity contribution in [2.45, 2.75) is 20.3 Å². The van der Waals surface area contributed by atoms with Crippen LogP contribution < -0.4 is 9.47 Å². The number of nitriles is 1. The van der Waals surface area contributed by atoms with Crippen molar-refractivity contribution in [2.75, 3.05) is 20.3 Å². The van der Waals surface area contributed by atoms with Crippen molar-refractivity contribution in [3.8, 4) is 17.6 Å². The van der Waals surface area contributed by atoms with Crippen LogP contribution in [0.5, 0.6) is 11.5 Å². The number of rotatable bonds is 6. The zero-order valence-electron chi connectivity index (χ0n) is 13.8. The van der Waals surface area contributed by atoms with E-state index in [4.69, 9.17) is 14.7 Å². The molecule has 1 aliphatic rings. The van der Waals surface area contributed by atoms with Crippen LogP contribution in [-0.4, -0.2) is 36.9 Å². The maximum absolute atomic E-state index is 12.4. The van der Waals surface area contributed by atoms with Crippen LogP contribution in [0.3, 0.4) is 0 Å². The average Bonchev–Trinajstić information content (AvgIpc) is 2.82. The predicted octanol–water partition coefficient (Wildman–Crippen LogP) is 3.37. The fraction of sp³-hybridized carbons (Fsp3) is 0.353. The number of carbonyl (C=O) groups is 1. The molecular weight excluding hydrogens is 374 g/mol. The topological polar surface area (TPSA) is 74.9 Å². The molecule has 0 atom stereocenters. The Morgan fingerprint density at radius 3 is 2.79 bits per heavy atom. The lowest BCUT2D eigenvalue weighted by atomic mass is 10.1. The zero-order valence-corrected chi connectivity index (χ0v) is 15.4. The van der Waals surface area contributed by atoms with E-state index in [0.29, 0.717) is 29.4 Å². The summed E-state index contributed by atoms with van der Waals surface area (Å²) in [6.07, 6.45) is 2.01. The molecule has 2 rings (SSSR count). The summed E-state index contributed by atoms with van der Waals surface area (Å²) >= 11 is 3.50. The second-order valence-electron chi connectivity index (χ2n) is 5.04. The monoisotopic (exact) mass is 391 g/mol. The van der Waals surface area contributed by atoms with E-state index >= 15 is 0 Å². The minimum Gasteiger partial charge on any atom is -0.493 e. The van der Waals surface area contributed by atoms with E-state index in [1.165, 1.54) is 5.01 Å². The molecule has 0 N–H and O–H groups in total. The van der Waals surface area contributed by atoms with Crippen LogP contribution in [0.4, 0.5) is 0 Å². The van der Waals surface area contributed by atoms with Crippen LogP contribution in [0.15, 0.2) is 27.3 Å². The van der Waals surface area contributed by atoms with Gasteiger partial charge in [0.15, 0.2) is 11.5 Å². The van der Waals surface area contributed by atoms with Crippen molar-refractivity contribution < 1.29 is 14.3 Å². The van der Waals surface area contributed by atoms with Gasteiger partial charge in [0.25, 0.3) is 5.91 Å². The maximum atomic E-state index is 12.4. The number of hydrogen-bond donors (Lipinski definition) is 0. The lowest BCUT2D eigenvalue weighted by molar-refractivity contribution is -0.125. The molecule has 0 fully saturated rings. The normalized spacial score (nSPS) is 15.5. The first-order valence-corrected chi connectivity index (χ1v) is 8.27. The molecule has 7 heteroatoms. The van der Waals surface area contributed by atoms with Gasteiger partial charge in [-0.3, -0.25) is 4.79 Å². The Kier molecular flexibility index (Phi) is 5.99. The Balaban J connectivity index is 2.36. The van der Waals surface area contributed by atoms with Gasteiger partial charge in [-0.2, -0.15) is 10.4 Å². The highest BCUT2D eigenvalue weighted by molar-refractivity contribution is 9.10. The molecule has 6 nitrogen and oxygen atoms in total. The minimum atomic E-state index is -0.206. The maximum Gasteiger partial charge on any atom is 0.275 e. The van der Waals surface area contributed by atoms with Gasteiger partial charge in [-0.25, -0.2) is 5.01 Å². The quantitative estimate of drug-likeness (QED) is 0.696. The molecule has 1 heterocycles. The van der Waals surface area contributed by atoms with E-state index in [0.717, 1.165) is 10.0 Å². The van der Waals surface area contributed by atoms with Crippen molar-refractivity contribution in [1.82, 2.24) is 5.01 Å². The first-order valence-electron chi connectivity index (χ1n) is 7.48. The number of methoxy groups -OCH3 is 1. The van der Waals surface area contributed by atoms with Crippen molar-refractivity contribution >= 4 is 33.6 Å². The van der Waals surface area contributed by atoms with E-state index in [2.05, 4.69) is 21.0 Å². The van der Waals surface area contributed by atoms with Gasteiger partial charge in [-0.1, -0.05) is 15.9 Å². The molecule has 1 aliphatic heterocycles. The molecule has 0 spiro atoms. The van der Waals surface area contributed by atoms with Crippen molar-refractivity contribution in [3.05, 3.63) is 27.7 Å². The molecule has 0 saturated carbocycles. The number of nitrogens with zero attached hydrogens (tertiary/aromatic N) is 3. The number of halogens is 1. The summed E-state index contributed by atoms with van der Waals surface area (Å²) in [6, 6.07) is 5.64. The third kappa shape index (κ3) is 3.77. The second kappa shape index (κ2) is 7.97. The molecule has 0 aromatic heterocycles. The van der Waals surface area contributed by atoms with E-state index < -0.39 is 0 Å². The lowest BCUT2D eigenvalue weighted by Crippen LogP contribution is -2.23. The third-order valence-corrected chi connectivity index (χ3v) is 4.13. The fourth-order valence-electron chi connectivity index (χ4n) is 2.29. The number of hydrazone groups is 1. The molecule has 1 aromatic carbocycles. The molecule has 0 aliphatic carbocycles. The molecule has 1 aromatic rings. The lowest BCUT2D eigenvalue weighted by Gasteiger charge is -2.12. The van der Waals surface area contributed by atoms with Gasteiger partial charge in [0.05, 0.1) is 44.0 Å². The minimum absolute atomic E-state index is 0.206. The van der Waals surface area contributed by atoms with E-state index in [-0.39, 0.29) is 18.9 Å². The Hall–Kier alpha value is -2.33. The van der Waals surface area contributed by atoms with E-state index in [9.17, 15) is 4.79 Å². The molecular formula is C17H18BrN3O3. The Morgan fingerprint density at radius 2 is 2.17 bits per heavy atom. The standard InChI is InChI=1S/C17H18BrN3O3/c1-4-24-16-10-14(18)12(9-15(16)23-3)8-13-11(2)20-21(17(13)22)7-5-6-19/h8-10H,4-5,7H2,1-3H3. The molecule has 0 saturated heterocycles. The van der Waals surface area contributed by atoms with Gasteiger partial charge in [-0.15, -0.1) is 0 Å². The summed E-state index contributed by atoms with van der Waals surface area (Å²) in [5, 5.41) is 14.2. The number of amides is 1. The number of hydrogen-bond acceptors (Lipinski definition) is 5. The predicted molar refractivity (Wildman–Crippen MR) is 94.9 cm³/mol. The van der Waals surface area contributed by atoms with Gasteiger partial charge in [-0.05, 0) is 37.6 Å². The number of benzene rings is 1. The molecule has 0 radical (unpaired) electrons. The largest absolute Gasteiger partial charge is 0.493 e. The van der Waals surface area contributed by atoms with Crippen LogP contribution in [0.25, 0.3) is 6.08 Å². The van der Waals surface area contributed by atoms with Crippen LogP contribution >= 0.6 is 15.9 Å². The SMILES string of the molecule is CCOc1cc(Br)c(C=C2C(=O)N(CCC#N)N=C2C)cc1OC. The Bertz CT molecular complexity index is 750. The number of carbonyl (C=O) groups excluding carboxylic acids is 1.